The molecule has 0 radical (unpaired) electrons. The summed E-state index contributed by atoms with van der Waals surface area (Å²) in [6.45, 7) is 2.17. The van der Waals surface area contributed by atoms with E-state index in [-0.39, 0.29) is 0 Å². The molecule has 4 atom stereocenters. The molecule has 1 nitrogen and oxygen atoms in total. The smallest absolute Gasteiger partial charge is 0.00415 e. The fourth-order valence-corrected chi connectivity index (χ4v) is 2.94. The van der Waals surface area contributed by atoms with Crippen molar-refractivity contribution in [1.29, 1.82) is 0 Å². The van der Waals surface area contributed by atoms with Crippen LogP contribution in [-0.4, -0.2) is 6.04 Å². The minimum Gasteiger partial charge on any atom is -0.328 e. The average Bonchev–Trinajstić information content (AvgIpc) is 2.44. The summed E-state index contributed by atoms with van der Waals surface area (Å²) in [4.78, 5) is 0. The molecule has 2 aliphatic rings. The zero-order valence-electron chi connectivity index (χ0n) is 6.72. The third-order valence-electron chi connectivity index (χ3n) is 3.47. The summed E-state index contributed by atoms with van der Waals surface area (Å²) in [5.41, 5.74) is 5.88. The van der Waals surface area contributed by atoms with Gasteiger partial charge in [0.05, 0.1) is 0 Å². The first-order valence-corrected chi connectivity index (χ1v) is 4.53. The lowest BCUT2D eigenvalue weighted by molar-refractivity contribution is 0.293. The minimum absolute atomic E-state index is 0.454. The van der Waals surface area contributed by atoms with Crippen LogP contribution in [0.2, 0.25) is 0 Å². The Morgan fingerprint density at radius 3 is 2.40 bits per heavy atom. The van der Waals surface area contributed by atoms with Gasteiger partial charge in [0, 0.05) is 6.04 Å². The Balaban J connectivity index is 2.02. The second kappa shape index (κ2) is 2.23. The lowest BCUT2D eigenvalue weighted by atomic mass is 9.84. The van der Waals surface area contributed by atoms with E-state index in [1.807, 2.05) is 0 Å². The highest BCUT2D eigenvalue weighted by atomic mass is 14.7. The molecule has 58 valence electrons. The second-order valence-electron chi connectivity index (χ2n) is 4.20. The van der Waals surface area contributed by atoms with Crippen LogP contribution in [0.25, 0.3) is 0 Å². The second-order valence-corrected chi connectivity index (χ2v) is 4.20. The van der Waals surface area contributed by atoms with Crippen LogP contribution in [0, 0.1) is 17.8 Å². The third-order valence-corrected chi connectivity index (χ3v) is 3.47. The number of hydrogen-bond acceptors (Lipinski definition) is 1. The van der Waals surface area contributed by atoms with E-state index >= 15 is 0 Å². The van der Waals surface area contributed by atoms with E-state index in [2.05, 4.69) is 6.92 Å². The van der Waals surface area contributed by atoms with E-state index in [1.54, 1.807) is 0 Å². The summed E-state index contributed by atoms with van der Waals surface area (Å²) in [6, 6.07) is 0.454. The molecule has 10 heavy (non-hydrogen) atoms. The molecule has 2 fully saturated rings. The average molecular weight is 139 g/mol. The van der Waals surface area contributed by atoms with E-state index in [0.29, 0.717) is 6.04 Å². The fourth-order valence-electron chi connectivity index (χ4n) is 2.94. The van der Waals surface area contributed by atoms with Gasteiger partial charge in [-0.1, -0.05) is 6.42 Å². The van der Waals surface area contributed by atoms with Crippen molar-refractivity contribution in [2.24, 2.45) is 23.5 Å². The van der Waals surface area contributed by atoms with Crippen molar-refractivity contribution in [1.82, 2.24) is 0 Å². The Labute approximate surface area is 63.0 Å². The molecule has 2 aliphatic carbocycles. The zero-order chi connectivity index (χ0) is 7.14. The normalized spacial score (nSPS) is 48.0. The van der Waals surface area contributed by atoms with Gasteiger partial charge in [-0.2, -0.15) is 0 Å². The number of fused-ring (bicyclic) bond motifs is 2. The van der Waals surface area contributed by atoms with E-state index in [0.717, 1.165) is 17.8 Å². The van der Waals surface area contributed by atoms with Gasteiger partial charge in [-0.15, -0.1) is 0 Å². The molecule has 0 aliphatic heterocycles. The Bertz CT molecular complexity index is 131. The van der Waals surface area contributed by atoms with Gasteiger partial charge in [-0.05, 0) is 43.9 Å². The van der Waals surface area contributed by atoms with E-state index in [1.165, 1.54) is 25.7 Å². The predicted octanol–water partition coefficient (Wildman–Crippen LogP) is 1.77. The molecule has 0 aromatic rings. The van der Waals surface area contributed by atoms with Crippen LogP contribution in [0.3, 0.4) is 0 Å². The highest BCUT2D eigenvalue weighted by Gasteiger charge is 2.40. The molecule has 2 N–H and O–H groups in total. The van der Waals surface area contributed by atoms with E-state index < -0.39 is 0 Å². The monoisotopic (exact) mass is 139 g/mol. The third kappa shape index (κ3) is 0.878. The van der Waals surface area contributed by atoms with Crippen molar-refractivity contribution in [2.45, 2.75) is 38.6 Å². The molecule has 0 spiro atoms. The maximum absolute atomic E-state index is 5.88. The molecule has 2 bridgehead atoms. The zero-order valence-corrected chi connectivity index (χ0v) is 6.72. The van der Waals surface area contributed by atoms with Crippen molar-refractivity contribution in [3.05, 3.63) is 0 Å². The van der Waals surface area contributed by atoms with Gasteiger partial charge in [-0.3, -0.25) is 0 Å². The van der Waals surface area contributed by atoms with Gasteiger partial charge < -0.3 is 5.73 Å². The van der Waals surface area contributed by atoms with Crippen molar-refractivity contribution in [3.63, 3.8) is 0 Å². The minimum atomic E-state index is 0.454. The molecule has 2 saturated carbocycles. The summed E-state index contributed by atoms with van der Waals surface area (Å²) in [5, 5.41) is 0. The van der Waals surface area contributed by atoms with Crippen molar-refractivity contribution in [2.75, 3.05) is 0 Å². The van der Waals surface area contributed by atoms with Gasteiger partial charge in [0.2, 0.25) is 0 Å². The highest BCUT2D eigenvalue weighted by molar-refractivity contribution is 4.92. The molecule has 0 saturated heterocycles. The summed E-state index contributed by atoms with van der Waals surface area (Å²) in [7, 11) is 0. The van der Waals surface area contributed by atoms with Crippen LogP contribution in [0.4, 0.5) is 0 Å². The maximum atomic E-state index is 5.88. The van der Waals surface area contributed by atoms with Crippen LogP contribution in [0.5, 0.6) is 0 Å². The van der Waals surface area contributed by atoms with Crippen molar-refractivity contribution < 1.29 is 0 Å². The summed E-state index contributed by atoms with van der Waals surface area (Å²) in [6.07, 6.45) is 5.89. The number of rotatable bonds is 1. The molecule has 0 amide bonds. The molecule has 1 unspecified atom stereocenters. The molecule has 0 aromatic carbocycles. The molecular weight excluding hydrogens is 122 g/mol. The van der Waals surface area contributed by atoms with Crippen LogP contribution in [0.15, 0.2) is 0 Å². The summed E-state index contributed by atoms with van der Waals surface area (Å²) < 4.78 is 0. The molecule has 2 rings (SSSR count). The Morgan fingerprint density at radius 2 is 2.10 bits per heavy atom. The van der Waals surface area contributed by atoms with Gasteiger partial charge in [0.1, 0.15) is 0 Å². The maximum Gasteiger partial charge on any atom is 0.00415 e. The SMILES string of the molecule is CC(N)[C@@H]1C[C@H]2CC[C@@H]1C2. The van der Waals surface area contributed by atoms with E-state index in [9.17, 15) is 0 Å². The molecule has 0 aromatic heterocycles. The summed E-state index contributed by atoms with van der Waals surface area (Å²) in [5.74, 6) is 2.93. The predicted molar refractivity (Wildman–Crippen MR) is 42.6 cm³/mol. The summed E-state index contributed by atoms with van der Waals surface area (Å²) >= 11 is 0. The lowest BCUT2D eigenvalue weighted by Gasteiger charge is -2.24. The van der Waals surface area contributed by atoms with Crippen LogP contribution < -0.4 is 5.73 Å². The Kier molecular flexibility index (Phi) is 1.48. The number of nitrogens with two attached hydrogens (primary N) is 1. The van der Waals surface area contributed by atoms with Crippen LogP contribution in [-0.2, 0) is 0 Å². The fraction of sp³-hybridized carbons (Fsp3) is 1.00. The van der Waals surface area contributed by atoms with Crippen molar-refractivity contribution >= 4 is 0 Å². The van der Waals surface area contributed by atoms with Crippen molar-refractivity contribution in [3.8, 4) is 0 Å². The van der Waals surface area contributed by atoms with Gasteiger partial charge in [-0.25, -0.2) is 0 Å². The highest BCUT2D eigenvalue weighted by Crippen LogP contribution is 2.49. The first-order valence-electron chi connectivity index (χ1n) is 4.53. The molecule has 0 heterocycles. The first kappa shape index (κ1) is 6.66. The van der Waals surface area contributed by atoms with Gasteiger partial charge >= 0.3 is 0 Å². The quantitative estimate of drug-likeness (QED) is 0.588. The van der Waals surface area contributed by atoms with Gasteiger partial charge in [0.15, 0.2) is 0 Å². The van der Waals surface area contributed by atoms with Crippen LogP contribution in [0.1, 0.15) is 32.6 Å². The van der Waals surface area contributed by atoms with Crippen LogP contribution >= 0.6 is 0 Å². The Morgan fingerprint density at radius 1 is 1.30 bits per heavy atom. The molecule has 1 heteroatoms. The Hall–Kier alpha value is -0.0400. The van der Waals surface area contributed by atoms with Gasteiger partial charge in [0.25, 0.3) is 0 Å². The topological polar surface area (TPSA) is 26.0 Å². The number of hydrogen-bond donors (Lipinski definition) is 1. The van der Waals surface area contributed by atoms with E-state index in [4.69, 9.17) is 5.73 Å². The lowest BCUT2D eigenvalue weighted by Crippen LogP contribution is -2.30. The first-order chi connectivity index (χ1) is 4.77. The largest absolute Gasteiger partial charge is 0.328 e. The standard InChI is InChI=1S/C9H17N/c1-6(10)9-5-7-2-3-8(9)4-7/h6-9H,2-5,10H2,1H3/t6?,7-,8+,9-/m0/s1. The molecular formula is C9H17N.